The van der Waals surface area contributed by atoms with Crippen LogP contribution in [0.4, 0.5) is 0 Å². The normalized spacial score (nSPS) is 23.4. The third-order valence-corrected chi connectivity index (χ3v) is 7.47. The minimum atomic E-state index is -3.66. The van der Waals surface area contributed by atoms with Crippen molar-refractivity contribution in [2.24, 2.45) is 16.5 Å². The molecule has 2 saturated carbocycles. The van der Waals surface area contributed by atoms with Crippen LogP contribution in [0.25, 0.3) is 6.08 Å². The average molecular weight is 418 g/mol. The van der Waals surface area contributed by atoms with Crippen molar-refractivity contribution in [3.05, 3.63) is 64.7 Å². The lowest BCUT2D eigenvalue weighted by molar-refractivity contribution is 0.414. The van der Waals surface area contributed by atoms with Crippen LogP contribution in [-0.4, -0.2) is 15.5 Å². The molecule has 2 aliphatic carbocycles. The Morgan fingerprint density at radius 1 is 1.14 bits per heavy atom. The minimum Gasteiger partial charge on any atom is -0.496 e. The van der Waals surface area contributed by atoms with E-state index in [1.165, 1.54) is 31.2 Å². The molecule has 0 amide bonds. The highest BCUT2D eigenvalue weighted by molar-refractivity contribution is 7.89. The van der Waals surface area contributed by atoms with Gasteiger partial charge in [-0.1, -0.05) is 48.7 Å². The lowest BCUT2D eigenvalue weighted by atomic mass is 9.97. The van der Waals surface area contributed by atoms with E-state index in [1.54, 1.807) is 19.2 Å². The summed E-state index contributed by atoms with van der Waals surface area (Å²) in [6.45, 7) is 0. The number of halogens is 1. The topological polar surface area (TPSA) is 69.4 Å². The zero-order valence-corrected chi connectivity index (χ0v) is 17.3. The third kappa shape index (κ3) is 3.47. The first-order valence-corrected chi connectivity index (χ1v) is 11.4. The summed E-state index contributed by atoms with van der Waals surface area (Å²) in [4.78, 5) is 0.160. The number of primary sulfonamides is 1. The van der Waals surface area contributed by atoms with E-state index >= 15 is 0 Å². The molecule has 28 heavy (non-hydrogen) atoms. The number of rotatable bonds is 5. The molecule has 0 aliphatic heterocycles. The minimum absolute atomic E-state index is 0.160. The quantitative estimate of drug-likeness (QED) is 0.745. The Balaban J connectivity index is 1.63. The van der Waals surface area contributed by atoms with Crippen molar-refractivity contribution < 1.29 is 13.2 Å². The van der Waals surface area contributed by atoms with Gasteiger partial charge >= 0.3 is 0 Å². The lowest BCUT2D eigenvalue weighted by Gasteiger charge is -2.08. The van der Waals surface area contributed by atoms with Gasteiger partial charge in [0.1, 0.15) is 5.75 Å². The Morgan fingerprint density at radius 3 is 2.43 bits per heavy atom. The van der Waals surface area contributed by atoms with Gasteiger partial charge in [-0.25, -0.2) is 13.6 Å². The number of nitrogens with two attached hydrogens (primary N) is 1. The zero-order valence-electron chi connectivity index (χ0n) is 15.8. The van der Waals surface area contributed by atoms with E-state index in [9.17, 15) is 8.42 Å². The fourth-order valence-corrected chi connectivity index (χ4v) is 5.65. The van der Waals surface area contributed by atoms with Crippen LogP contribution >= 0.6 is 11.6 Å². The molecule has 2 unspecified atom stereocenters. The highest BCUT2D eigenvalue weighted by atomic mass is 35.5. The molecule has 2 atom stereocenters. The number of methoxy groups -OCH3 is 1. The van der Waals surface area contributed by atoms with Gasteiger partial charge in [0.15, 0.2) is 0 Å². The first-order chi connectivity index (χ1) is 13.3. The zero-order chi connectivity index (χ0) is 19.9. The molecule has 148 valence electrons. The first-order valence-electron chi connectivity index (χ1n) is 9.50. The third-order valence-electron chi connectivity index (χ3n) is 6.31. The van der Waals surface area contributed by atoms with Crippen LogP contribution in [0.1, 0.15) is 42.7 Å². The molecule has 0 heterocycles. The van der Waals surface area contributed by atoms with Gasteiger partial charge in [-0.15, -0.1) is 0 Å². The van der Waals surface area contributed by atoms with Crippen LogP contribution in [0.2, 0.25) is 5.02 Å². The highest BCUT2D eigenvalue weighted by Gasteiger charge is 2.63. The molecule has 0 saturated heterocycles. The van der Waals surface area contributed by atoms with Gasteiger partial charge < -0.3 is 4.74 Å². The summed E-state index contributed by atoms with van der Waals surface area (Å²) in [6.07, 6.45) is 9.28. The number of allylic oxidation sites excluding steroid dienone is 1. The molecule has 4 nitrogen and oxygen atoms in total. The van der Waals surface area contributed by atoms with Gasteiger partial charge in [0, 0.05) is 10.6 Å². The molecule has 0 aromatic heterocycles. The monoisotopic (exact) mass is 417 g/mol. The Labute approximate surface area is 171 Å². The van der Waals surface area contributed by atoms with Crippen LogP contribution in [-0.2, 0) is 10.0 Å². The summed E-state index contributed by atoms with van der Waals surface area (Å²) < 4.78 is 28.5. The fraction of sp³-hybridized carbons (Fsp3) is 0.364. The SMILES string of the molecule is COc1ccc(Cl)cc1/C=C/C1C(c2ccc(S(N)(=O)=O)cc2)C12CCCC2. The molecule has 0 bridgehead atoms. The Hall–Kier alpha value is -1.82. The van der Waals surface area contributed by atoms with Gasteiger partial charge in [0.2, 0.25) is 10.0 Å². The Bertz CT molecular complexity index is 1010. The second-order valence-electron chi connectivity index (χ2n) is 7.80. The summed E-state index contributed by atoms with van der Waals surface area (Å²) in [6, 6.07) is 12.7. The second kappa shape index (κ2) is 7.21. The molecule has 2 aromatic rings. The van der Waals surface area contributed by atoms with E-state index in [2.05, 4.69) is 12.2 Å². The van der Waals surface area contributed by atoms with Crippen molar-refractivity contribution in [1.82, 2.24) is 0 Å². The molecule has 2 aromatic carbocycles. The number of benzene rings is 2. The van der Waals surface area contributed by atoms with Crippen molar-refractivity contribution in [2.45, 2.75) is 36.5 Å². The van der Waals surface area contributed by atoms with Crippen LogP contribution in [0, 0.1) is 11.3 Å². The lowest BCUT2D eigenvalue weighted by Crippen LogP contribution is -2.11. The van der Waals surface area contributed by atoms with E-state index in [0.29, 0.717) is 16.9 Å². The van der Waals surface area contributed by atoms with Crippen molar-refractivity contribution in [1.29, 1.82) is 0 Å². The summed E-state index contributed by atoms with van der Waals surface area (Å²) >= 11 is 6.15. The van der Waals surface area contributed by atoms with Crippen LogP contribution in [0.5, 0.6) is 5.75 Å². The molecule has 2 aliphatic rings. The van der Waals surface area contributed by atoms with Crippen LogP contribution < -0.4 is 9.88 Å². The van der Waals surface area contributed by atoms with E-state index in [1.807, 2.05) is 30.3 Å². The predicted molar refractivity (Wildman–Crippen MR) is 112 cm³/mol. The van der Waals surface area contributed by atoms with Gasteiger partial charge in [0.25, 0.3) is 0 Å². The van der Waals surface area contributed by atoms with Crippen LogP contribution in [0.3, 0.4) is 0 Å². The molecule has 2 N–H and O–H groups in total. The van der Waals surface area contributed by atoms with Crippen LogP contribution in [0.15, 0.2) is 53.4 Å². The van der Waals surface area contributed by atoms with Gasteiger partial charge in [-0.05, 0) is 66.0 Å². The maximum atomic E-state index is 11.5. The maximum absolute atomic E-state index is 11.5. The Kier molecular flexibility index (Phi) is 5.02. The molecular weight excluding hydrogens is 394 g/mol. The number of hydrogen-bond acceptors (Lipinski definition) is 3. The van der Waals surface area contributed by atoms with Gasteiger partial charge in [0.05, 0.1) is 12.0 Å². The largest absolute Gasteiger partial charge is 0.496 e. The molecular formula is C22H24ClNO3S. The second-order valence-corrected chi connectivity index (χ2v) is 9.80. The molecule has 1 spiro atoms. The summed E-state index contributed by atoms with van der Waals surface area (Å²) in [5.74, 6) is 1.64. The molecule has 4 rings (SSSR count). The van der Waals surface area contributed by atoms with E-state index in [4.69, 9.17) is 21.5 Å². The average Bonchev–Trinajstić information content (AvgIpc) is 3.00. The first kappa shape index (κ1) is 19.5. The predicted octanol–water partition coefficient (Wildman–Crippen LogP) is 4.98. The van der Waals surface area contributed by atoms with Crippen molar-refractivity contribution in [3.8, 4) is 5.75 Å². The summed E-state index contributed by atoms with van der Waals surface area (Å²) in [7, 11) is -2.01. The molecule has 0 radical (unpaired) electrons. The van der Waals surface area contributed by atoms with E-state index < -0.39 is 10.0 Å². The van der Waals surface area contributed by atoms with E-state index in [0.717, 1.165) is 11.3 Å². The molecule has 2 fully saturated rings. The molecule has 6 heteroatoms. The number of ether oxygens (including phenoxy) is 1. The summed E-state index contributed by atoms with van der Waals surface area (Å²) in [5.41, 5.74) is 2.44. The standard InChI is InChI=1S/C22H24ClNO3S/c1-27-20-11-7-17(23)14-16(20)6-10-19-21(22(19)12-2-3-13-22)15-4-8-18(9-5-15)28(24,25)26/h4-11,14,19,21H,2-3,12-13H2,1H3,(H2,24,25,26)/b10-6+. The number of sulfonamides is 1. The van der Waals surface area contributed by atoms with Crippen molar-refractivity contribution in [3.63, 3.8) is 0 Å². The number of hydrogen-bond donors (Lipinski definition) is 1. The van der Waals surface area contributed by atoms with Crippen molar-refractivity contribution in [2.75, 3.05) is 7.11 Å². The summed E-state index contributed by atoms with van der Waals surface area (Å²) in [5, 5.41) is 5.91. The van der Waals surface area contributed by atoms with Crippen molar-refractivity contribution >= 4 is 27.7 Å². The Morgan fingerprint density at radius 2 is 1.82 bits per heavy atom. The highest BCUT2D eigenvalue weighted by Crippen LogP contribution is 2.73. The maximum Gasteiger partial charge on any atom is 0.238 e. The van der Waals surface area contributed by atoms with Gasteiger partial charge in [-0.3, -0.25) is 0 Å². The smallest absolute Gasteiger partial charge is 0.238 e. The van der Waals surface area contributed by atoms with E-state index in [-0.39, 0.29) is 10.3 Å². The fourth-order valence-electron chi connectivity index (χ4n) is 4.95. The van der Waals surface area contributed by atoms with Gasteiger partial charge in [-0.2, -0.15) is 0 Å².